The van der Waals surface area contributed by atoms with Crippen molar-refractivity contribution in [1.82, 2.24) is 29.5 Å². The molecule has 1 saturated heterocycles. The topological polar surface area (TPSA) is 94.3 Å². The summed E-state index contributed by atoms with van der Waals surface area (Å²) in [5, 5.41) is 7.34. The number of benzene rings is 1. The lowest BCUT2D eigenvalue weighted by Gasteiger charge is -2.26. The normalized spacial score (nSPS) is 14.9. The molecule has 152 valence electrons. The summed E-state index contributed by atoms with van der Waals surface area (Å²) >= 11 is 0. The van der Waals surface area contributed by atoms with Crippen LogP contribution >= 0.6 is 0 Å². The fourth-order valence-electron chi connectivity index (χ4n) is 3.41. The van der Waals surface area contributed by atoms with Crippen LogP contribution in [0.3, 0.4) is 0 Å². The Labute approximate surface area is 167 Å². The number of amides is 1. The number of nitrogens with zero attached hydrogens (tertiary/aromatic N) is 5. The standard InChI is InChI=1S/C20H24N6O3/c1-24-14-22-16-17(19(27)21-8-5-9-25-10-12-29-13-11-25)23-26(18(16)20(24)28)15-6-3-2-4-7-15/h2-4,6-7,14H,5,8-13H2,1H3,(H,21,27). The van der Waals surface area contributed by atoms with Crippen molar-refractivity contribution in [3.63, 3.8) is 0 Å². The highest BCUT2D eigenvalue weighted by Crippen LogP contribution is 2.17. The minimum absolute atomic E-state index is 0.160. The lowest BCUT2D eigenvalue weighted by Crippen LogP contribution is -2.38. The molecule has 1 aromatic carbocycles. The quantitative estimate of drug-likeness (QED) is 0.613. The van der Waals surface area contributed by atoms with Gasteiger partial charge in [-0.25, -0.2) is 9.67 Å². The molecule has 0 bridgehead atoms. The van der Waals surface area contributed by atoms with Crippen LogP contribution in [0.25, 0.3) is 16.7 Å². The second kappa shape index (κ2) is 8.54. The van der Waals surface area contributed by atoms with Crippen molar-refractivity contribution in [2.45, 2.75) is 6.42 Å². The number of ether oxygens (including phenoxy) is 1. The van der Waals surface area contributed by atoms with E-state index in [2.05, 4.69) is 20.3 Å². The number of hydrogen-bond acceptors (Lipinski definition) is 6. The summed E-state index contributed by atoms with van der Waals surface area (Å²) in [5.41, 5.74) is 1.21. The number of rotatable bonds is 6. The van der Waals surface area contributed by atoms with Gasteiger partial charge in [0.15, 0.2) is 11.2 Å². The maximum absolute atomic E-state index is 12.8. The highest BCUT2D eigenvalue weighted by atomic mass is 16.5. The molecular weight excluding hydrogens is 372 g/mol. The van der Waals surface area contributed by atoms with Gasteiger partial charge in [0.05, 0.1) is 25.2 Å². The summed E-state index contributed by atoms with van der Waals surface area (Å²) in [4.78, 5) is 32.1. The van der Waals surface area contributed by atoms with Crippen LogP contribution in [0.5, 0.6) is 0 Å². The molecule has 0 spiro atoms. The van der Waals surface area contributed by atoms with E-state index < -0.39 is 0 Å². The molecule has 0 radical (unpaired) electrons. The first-order chi connectivity index (χ1) is 14.1. The lowest BCUT2D eigenvalue weighted by atomic mass is 10.3. The van der Waals surface area contributed by atoms with Gasteiger partial charge < -0.3 is 14.6 Å². The molecule has 1 aliphatic heterocycles. The van der Waals surface area contributed by atoms with Crippen LogP contribution in [-0.4, -0.2) is 69.5 Å². The number of carbonyl (C=O) groups is 1. The first-order valence-electron chi connectivity index (χ1n) is 9.73. The molecule has 9 heteroatoms. The van der Waals surface area contributed by atoms with Gasteiger partial charge in [0.2, 0.25) is 0 Å². The molecule has 2 aromatic heterocycles. The van der Waals surface area contributed by atoms with Gasteiger partial charge in [0.1, 0.15) is 5.52 Å². The minimum atomic E-state index is -0.326. The predicted octanol–water partition coefficient (Wildman–Crippen LogP) is 0.571. The average Bonchev–Trinajstić information content (AvgIpc) is 3.15. The Morgan fingerprint density at radius 3 is 2.72 bits per heavy atom. The molecule has 1 amide bonds. The van der Waals surface area contributed by atoms with Crippen molar-refractivity contribution < 1.29 is 9.53 Å². The number of aromatic nitrogens is 4. The molecule has 1 aliphatic rings. The first kappa shape index (κ1) is 19.3. The smallest absolute Gasteiger partial charge is 0.279 e. The molecule has 4 rings (SSSR count). The van der Waals surface area contributed by atoms with Crippen LogP contribution in [0.4, 0.5) is 0 Å². The van der Waals surface area contributed by atoms with Crippen molar-refractivity contribution in [2.24, 2.45) is 7.05 Å². The van der Waals surface area contributed by atoms with E-state index in [9.17, 15) is 9.59 Å². The van der Waals surface area contributed by atoms with Crippen LogP contribution in [0.1, 0.15) is 16.9 Å². The molecule has 0 atom stereocenters. The van der Waals surface area contributed by atoms with E-state index in [1.807, 2.05) is 30.3 Å². The molecule has 0 saturated carbocycles. The van der Waals surface area contributed by atoms with Crippen LogP contribution < -0.4 is 10.9 Å². The third-order valence-electron chi connectivity index (χ3n) is 5.00. The maximum atomic E-state index is 12.8. The Hall–Kier alpha value is -3.04. The van der Waals surface area contributed by atoms with E-state index in [4.69, 9.17) is 4.74 Å². The molecule has 9 nitrogen and oxygen atoms in total. The third kappa shape index (κ3) is 4.06. The third-order valence-corrected chi connectivity index (χ3v) is 5.00. The van der Waals surface area contributed by atoms with Crippen LogP contribution in [0.15, 0.2) is 41.5 Å². The van der Waals surface area contributed by atoms with E-state index in [1.54, 1.807) is 7.05 Å². The van der Waals surface area contributed by atoms with Gasteiger partial charge >= 0.3 is 0 Å². The first-order valence-corrected chi connectivity index (χ1v) is 9.73. The number of carbonyl (C=O) groups excluding carboxylic acids is 1. The Bertz CT molecular complexity index is 1050. The summed E-state index contributed by atoms with van der Waals surface area (Å²) in [5.74, 6) is -0.326. The van der Waals surface area contributed by atoms with Gasteiger partial charge in [-0.3, -0.25) is 14.5 Å². The highest BCUT2D eigenvalue weighted by Gasteiger charge is 2.22. The van der Waals surface area contributed by atoms with Crippen LogP contribution in [0, 0.1) is 0 Å². The molecular formula is C20H24N6O3. The fraction of sp³-hybridized carbons (Fsp3) is 0.400. The lowest BCUT2D eigenvalue weighted by molar-refractivity contribution is 0.0374. The fourth-order valence-corrected chi connectivity index (χ4v) is 3.41. The Morgan fingerprint density at radius 2 is 1.97 bits per heavy atom. The second-order valence-corrected chi connectivity index (χ2v) is 7.02. The Balaban J connectivity index is 1.54. The van der Waals surface area contributed by atoms with Gasteiger partial charge in [0, 0.05) is 26.7 Å². The summed E-state index contributed by atoms with van der Waals surface area (Å²) < 4.78 is 8.22. The van der Waals surface area contributed by atoms with Crippen molar-refractivity contribution in [2.75, 3.05) is 39.4 Å². The number of aryl methyl sites for hydroxylation is 1. The number of hydrogen-bond donors (Lipinski definition) is 1. The van der Waals surface area contributed by atoms with E-state index >= 15 is 0 Å². The van der Waals surface area contributed by atoms with Crippen molar-refractivity contribution in [3.05, 3.63) is 52.7 Å². The van der Waals surface area contributed by atoms with Crippen LogP contribution in [0.2, 0.25) is 0 Å². The molecule has 0 aliphatic carbocycles. The Morgan fingerprint density at radius 1 is 1.21 bits per heavy atom. The number of para-hydroxylation sites is 1. The van der Waals surface area contributed by atoms with Gasteiger partial charge in [-0.15, -0.1) is 0 Å². The number of nitrogens with one attached hydrogen (secondary N) is 1. The zero-order valence-electron chi connectivity index (χ0n) is 16.4. The van der Waals surface area contributed by atoms with E-state index in [1.165, 1.54) is 15.6 Å². The second-order valence-electron chi connectivity index (χ2n) is 7.02. The van der Waals surface area contributed by atoms with Gasteiger partial charge in [-0.1, -0.05) is 18.2 Å². The van der Waals surface area contributed by atoms with Gasteiger partial charge in [0.25, 0.3) is 11.5 Å². The average molecular weight is 396 g/mol. The SMILES string of the molecule is Cn1cnc2c(C(=O)NCCCN3CCOCC3)nn(-c3ccccc3)c2c1=O. The zero-order chi connectivity index (χ0) is 20.2. The van der Waals surface area contributed by atoms with Crippen molar-refractivity contribution in [3.8, 4) is 5.69 Å². The largest absolute Gasteiger partial charge is 0.379 e. The number of morpholine rings is 1. The monoisotopic (exact) mass is 396 g/mol. The van der Waals surface area contributed by atoms with Crippen molar-refractivity contribution in [1.29, 1.82) is 0 Å². The molecule has 1 fully saturated rings. The summed E-state index contributed by atoms with van der Waals surface area (Å²) in [7, 11) is 1.63. The molecule has 3 heterocycles. The molecule has 29 heavy (non-hydrogen) atoms. The van der Waals surface area contributed by atoms with Gasteiger partial charge in [-0.05, 0) is 25.1 Å². The molecule has 0 unspecified atom stereocenters. The summed E-state index contributed by atoms with van der Waals surface area (Å²) in [6.07, 6.45) is 2.25. The predicted molar refractivity (Wildman–Crippen MR) is 108 cm³/mol. The van der Waals surface area contributed by atoms with E-state index in [0.717, 1.165) is 39.3 Å². The summed E-state index contributed by atoms with van der Waals surface area (Å²) in [6.45, 7) is 4.80. The summed E-state index contributed by atoms with van der Waals surface area (Å²) in [6, 6.07) is 9.27. The number of fused-ring (bicyclic) bond motifs is 1. The van der Waals surface area contributed by atoms with E-state index in [-0.39, 0.29) is 17.2 Å². The molecule has 1 N–H and O–H groups in total. The highest BCUT2D eigenvalue weighted by molar-refractivity contribution is 6.03. The van der Waals surface area contributed by atoms with Crippen LogP contribution in [-0.2, 0) is 11.8 Å². The van der Waals surface area contributed by atoms with E-state index in [0.29, 0.717) is 23.3 Å². The van der Waals surface area contributed by atoms with Crippen molar-refractivity contribution >= 4 is 16.9 Å². The zero-order valence-corrected chi connectivity index (χ0v) is 16.4. The van der Waals surface area contributed by atoms with Gasteiger partial charge in [-0.2, -0.15) is 5.10 Å². The molecule has 3 aromatic rings. The minimum Gasteiger partial charge on any atom is -0.379 e. The maximum Gasteiger partial charge on any atom is 0.279 e. The Kier molecular flexibility index (Phi) is 5.68.